The number of nitrogens with one attached hydrogen (secondary N) is 2. The Balaban J connectivity index is 1.86. The lowest BCUT2D eigenvalue weighted by Crippen LogP contribution is -2.21. The summed E-state index contributed by atoms with van der Waals surface area (Å²) in [5.41, 5.74) is 1.62. The minimum atomic E-state index is -0.430. The number of carbonyl (C=O) groups excluding carboxylic acids is 2. The lowest BCUT2D eigenvalue weighted by Gasteiger charge is -2.07. The molecule has 2 amide bonds. The molecule has 0 unspecified atom stereocenters. The summed E-state index contributed by atoms with van der Waals surface area (Å²) in [7, 11) is 1.56. The van der Waals surface area contributed by atoms with E-state index in [1.807, 2.05) is 6.07 Å². The molecule has 6 heteroatoms. The second kappa shape index (κ2) is 7.61. The molecule has 2 aromatic rings. The molecule has 0 atom stereocenters. The van der Waals surface area contributed by atoms with Gasteiger partial charge < -0.3 is 15.4 Å². The summed E-state index contributed by atoms with van der Waals surface area (Å²) in [6, 6.07) is 15.2. The first kappa shape index (κ1) is 16.0. The molecule has 0 aromatic heterocycles. The Kier molecular flexibility index (Phi) is 5.31. The van der Waals surface area contributed by atoms with Gasteiger partial charge in [0.2, 0.25) is 11.8 Å². The van der Waals surface area contributed by atoms with Gasteiger partial charge in [-0.3, -0.25) is 9.59 Å². The number of benzene rings is 2. The van der Waals surface area contributed by atoms with Gasteiger partial charge in [0.05, 0.1) is 18.7 Å². The molecule has 0 bridgehead atoms. The maximum atomic E-state index is 11.8. The van der Waals surface area contributed by atoms with Gasteiger partial charge >= 0.3 is 0 Å². The summed E-state index contributed by atoms with van der Waals surface area (Å²) in [5.74, 6) is -0.163. The van der Waals surface area contributed by atoms with Crippen LogP contribution >= 0.6 is 0 Å². The van der Waals surface area contributed by atoms with Gasteiger partial charge in [-0.1, -0.05) is 0 Å². The quantitative estimate of drug-likeness (QED) is 0.830. The monoisotopic (exact) mass is 309 g/mol. The fourth-order valence-corrected chi connectivity index (χ4v) is 1.86. The number of anilines is 2. The van der Waals surface area contributed by atoms with Gasteiger partial charge in [-0.15, -0.1) is 0 Å². The van der Waals surface area contributed by atoms with Crippen molar-refractivity contribution in [1.82, 2.24) is 0 Å². The zero-order chi connectivity index (χ0) is 16.7. The van der Waals surface area contributed by atoms with E-state index in [0.717, 1.165) is 0 Å². The smallest absolute Gasteiger partial charge is 0.233 e. The maximum absolute atomic E-state index is 11.8. The Hall–Kier alpha value is -3.33. The summed E-state index contributed by atoms with van der Waals surface area (Å²) in [6.45, 7) is 0. The largest absolute Gasteiger partial charge is 0.497 e. The molecule has 0 spiro atoms. The molecule has 0 aliphatic heterocycles. The fourth-order valence-electron chi connectivity index (χ4n) is 1.86. The van der Waals surface area contributed by atoms with Gasteiger partial charge in [0.15, 0.2) is 0 Å². The third-order valence-electron chi connectivity index (χ3n) is 2.99. The van der Waals surface area contributed by atoms with Crippen LogP contribution < -0.4 is 15.4 Å². The van der Waals surface area contributed by atoms with Crippen LogP contribution in [0.5, 0.6) is 5.75 Å². The highest BCUT2D eigenvalue weighted by Gasteiger charge is 2.10. The highest BCUT2D eigenvalue weighted by atomic mass is 16.5. The van der Waals surface area contributed by atoms with Crippen LogP contribution in [0.3, 0.4) is 0 Å². The van der Waals surface area contributed by atoms with E-state index in [1.165, 1.54) is 0 Å². The van der Waals surface area contributed by atoms with Gasteiger partial charge in [0.1, 0.15) is 12.2 Å². The zero-order valence-electron chi connectivity index (χ0n) is 12.5. The van der Waals surface area contributed by atoms with Crippen LogP contribution in [0.4, 0.5) is 11.4 Å². The third kappa shape index (κ3) is 4.86. The Morgan fingerprint density at radius 2 is 1.43 bits per heavy atom. The molecular formula is C17H15N3O3. The molecule has 23 heavy (non-hydrogen) atoms. The van der Waals surface area contributed by atoms with Crippen molar-refractivity contribution < 1.29 is 14.3 Å². The average molecular weight is 309 g/mol. The van der Waals surface area contributed by atoms with Crippen molar-refractivity contribution in [3.63, 3.8) is 0 Å². The minimum Gasteiger partial charge on any atom is -0.497 e. The number of nitriles is 1. The molecule has 0 radical (unpaired) electrons. The second-order valence-corrected chi connectivity index (χ2v) is 4.69. The van der Waals surface area contributed by atoms with Crippen molar-refractivity contribution >= 4 is 23.2 Å². The SMILES string of the molecule is COc1ccc(NC(=O)CC(=O)Nc2ccc(C#N)cc2)cc1. The Bertz CT molecular complexity index is 731. The molecule has 116 valence electrons. The van der Waals surface area contributed by atoms with Crippen LogP contribution in [0.2, 0.25) is 0 Å². The van der Waals surface area contributed by atoms with E-state index in [2.05, 4.69) is 10.6 Å². The normalized spacial score (nSPS) is 9.57. The highest BCUT2D eigenvalue weighted by Crippen LogP contribution is 2.15. The standard InChI is InChI=1S/C17H15N3O3/c1-23-15-8-6-14(7-9-15)20-17(22)10-16(21)19-13-4-2-12(11-18)3-5-13/h2-9H,10H2,1H3,(H,19,21)(H,20,22). The Morgan fingerprint density at radius 3 is 1.87 bits per heavy atom. The predicted molar refractivity (Wildman–Crippen MR) is 86.0 cm³/mol. The molecule has 2 N–H and O–H groups in total. The third-order valence-corrected chi connectivity index (χ3v) is 2.99. The summed E-state index contributed by atoms with van der Waals surface area (Å²) >= 11 is 0. The van der Waals surface area contributed by atoms with Crippen molar-refractivity contribution in [2.24, 2.45) is 0 Å². The summed E-state index contributed by atoms with van der Waals surface area (Å²) in [6.07, 6.45) is -0.300. The molecule has 2 rings (SSSR count). The first-order valence-electron chi connectivity index (χ1n) is 6.84. The van der Waals surface area contributed by atoms with E-state index in [0.29, 0.717) is 22.7 Å². The van der Waals surface area contributed by atoms with Crippen LogP contribution in [0, 0.1) is 11.3 Å². The molecular weight excluding hydrogens is 294 g/mol. The molecule has 0 saturated carbocycles. The lowest BCUT2D eigenvalue weighted by molar-refractivity contribution is -0.123. The van der Waals surface area contributed by atoms with Crippen molar-refractivity contribution in [2.45, 2.75) is 6.42 Å². The van der Waals surface area contributed by atoms with Crippen molar-refractivity contribution in [3.05, 3.63) is 54.1 Å². The van der Waals surface area contributed by atoms with E-state index in [-0.39, 0.29) is 6.42 Å². The first-order valence-corrected chi connectivity index (χ1v) is 6.84. The van der Waals surface area contributed by atoms with E-state index in [9.17, 15) is 9.59 Å². The number of methoxy groups -OCH3 is 1. The van der Waals surface area contributed by atoms with Crippen LogP contribution in [0.1, 0.15) is 12.0 Å². The van der Waals surface area contributed by atoms with Crippen LogP contribution in [0.15, 0.2) is 48.5 Å². The Labute approximate surface area is 133 Å². The van der Waals surface area contributed by atoms with Gasteiger partial charge in [0, 0.05) is 11.4 Å². The van der Waals surface area contributed by atoms with Gasteiger partial charge in [-0.05, 0) is 48.5 Å². The van der Waals surface area contributed by atoms with E-state index < -0.39 is 11.8 Å². The van der Waals surface area contributed by atoms with Gasteiger partial charge in [-0.2, -0.15) is 5.26 Å². The Morgan fingerprint density at radius 1 is 0.957 bits per heavy atom. The van der Waals surface area contributed by atoms with Crippen molar-refractivity contribution in [2.75, 3.05) is 17.7 Å². The molecule has 0 heterocycles. The minimum absolute atomic E-state index is 0.300. The van der Waals surface area contributed by atoms with Gasteiger partial charge in [0.25, 0.3) is 0 Å². The summed E-state index contributed by atoms with van der Waals surface area (Å²) in [5, 5.41) is 13.9. The highest BCUT2D eigenvalue weighted by molar-refractivity contribution is 6.08. The topological polar surface area (TPSA) is 91.2 Å². The van der Waals surface area contributed by atoms with Crippen molar-refractivity contribution in [3.8, 4) is 11.8 Å². The molecule has 0 saturated heterocycles. The van der Waals surface area contributed by atoms with Crippen LogP contribution in [0.25, 0.3) is 0 Å². The van der Waals surface area contributed by atoms with E-state index >= 15 is 0 Å². The molecule has 0 aliphatic carbocycles. The fraction of sp³-hybridized carbons (Fsp3) is 0.118. The maximum Gasteiger partial charge on any atom is 0.233 e. The first-order chi connectivity index (χ1) is 11.1. The number of carbonyl (C=O) groups is 2. The molecule has 6 nitrogen and oxygen atoms in total. The molecule has 0 fully saturated rings. The van der Waals surface area contributed by atoms with Gasteiger partial charge in [-0.25, -0.2) is 0 Å². The number of hydrogen-bond donors (Lipinski definition) is 2. The lowest BCUT2D eigenvalue weighted by atomic mass is 10.2. The number of rotatable bonds is 5. The summed E-state index contributed by atoms with van der Waals surface area (Å²) in [4.78, 5) is 23.6. The summed E-state index contributed by atoms with van der Waals surface area (Å²) < 4.78 is 5.02. The van der Waals surface area contributed by atoms with Crippen LogP contribution in [-0.2, 0) is 9.59 Å². The average Bonchev–Trinajstić information content (AvgIpc) is 2.56. The zero-order valence-corrected chi connectivity index (χ0v) is 12.5. The number of hydrogen-bond acceptors (Lipinski definition) is 4. The number of ether oxygens (including phenoxy) is 1. The predicted octanol–water partition coefficient (Wildman–Crippen LogP) is 2.53. The number of nitrogens with zero attached hydrogens (tertiary/aromatic N) is 1. The molecule has 0 aliphatic rings. The second-order valence-electron chi connectivity index (χ2n) is 4.69. The van der Waals surface area contributed by atoms with Crippen LogP contribution in [-0.4, -0.2) is 18.9 Å². The van der Waals surface area contributed by atoms with Crippen molar-refractivity contribution in [1.29, 1.82) is 5.26 Å². The van der Waals surface area contributed by atoms with E-state index in [1.54, 1.807) is 55.6 Å². The van der Waals surface area contributed by atoms with E-state index in [4.69, 9.17) is 10.00 Å². The number of amides is 2. The molecule has 2 aromatic carbocycles.